The molecule has 0 saturated heterocycles. The van der Waals surface area contributed by atoms with Crippen molar-refractivity contribution in [3.8, 4) is 5.75 Å². The first kappa shape index (κ1) is 17.0. The van der Waals surface area contributed by atoms with E-state index in [2.05, 4.69) is 10.4 Å². The first-order chi connectivity index (χ1) is 12.1. The van der Waals surface area contributed by atoms with Crippen LogP contribution >= 0.6 is 11.6 Å². The standard InChI is InChI=1S/C18H15ClFN3O2/c1-25-16-8-3-2-7-14(16)18(24)21-17-15(19)11-23(22-17)10-12-5-4-6-13(20)9-12/h2-9,11H,10H2,1H3,(H,21,22,24). The number of benzene rings is 2. The number of hydrogen-bond acceptors (Lipinski definition) is 3. The number of ether oxygens (including phenoxy) is 1. The number of para-hydroxylation sites is 1. The molecule has 0 radical (unpaired) electrons. The Morgan fingerprint density at radius 3 is 2.84 bits per heavy atom. The lowest BCUT2D eigenvalue weighted by molar-refractivity contribution is 0.102. The van der Waals surface area contributed by atoms with Crippen LogP contribution in [0.25, 0.3) is 0 Å². The van der Waals surface area contributed by atoms with Gasteiger partial charge in [-0.2, -0.15) is 5.10 Å². The van der Waals surface area contributed by atoms with E-state index in [1.807, 2.05) is 0 Å². The van der Waals surface area contributed by atoms with E-state index in [0.717, 1.165) is 5.56 Å². The second-order valence-corrected chi connectivity index (χ2v) is 5.71. The number of halogens is 2. The Bertz CT molecular complexity index is 911. The number of hydrogen-bond donors (Lipinski definition) is 1. The van der Waals surface area contributed by atoms with Crippen molar-refractivity contribution < 1.29 is 13.9 Å². The summed E-state index contributed by atoms with van der Waals surface area (Å²) in [6, 6.07) is 13.1. The van der Waals surface area contributed by atoms with Crippen LogP contribution in [0.4, 0.5) is 10.2 Å². The molecule has 5 nitrogen and oxygen atoms in total. The molecule has 3 rings (SSSR count). The average Bonchev–Trinajstić information content (AvgIpc) is 2.93. The van der Waals surface area contributed by atoms with Crippen molar-refractivity contribution in [2.75, 3.05) is 12.4 Å². The first-order valence-corrected chi connectivity index (χ1v) is 7.86. The molecule has 0 spiro atoms. The van der Waals surface area contributed by atoms with E-state index in [1.54, 1.807) is 42.6 Å². The van der Waals surface area contributed by atoms with Crippen molar-refractivity contribution in [2.45, 2.75) is 6.54 Å². The summed E-state index contributed by atoms with van der Waals surface area (Å²) in [5.74, 6) is -0.0138. The van der Waals surface area contributed by atoms with E-state index in [1.165, 1.54) is 23.9 Å². The minimum Gasteiger partial charge on any atom is -0.496 e. The lowest BCUT2D eigenvalue weighted by Crippen LogP contribution is -2.14. The highest BCUT2D eigenvalue weighted by molar-refractivity contribution is 6.33. The summed E-state index contributed by atoms with van der Waals surface area (Å²) in [6.07, 6.45) is 1.57. The number of carbonyl (C=O) groups is 1. The van der Waals surface area contributed by atoms with Gasteiger partial charge in [-0.3, -0.25) is 9.48 Å². The number of aromatic nitrogens is 2. The Morgan fingerprint density at radius 2 is 2.08 bits per heavy atom. The minimum absolute atomic E-state index is 0.231. The van der Waals surface area contributed by atoms with Crippen molar-refractivity contribution in [1.29, 1.82) is 0 Å². The number of carbonyl (C=O) groups excluding carboxylic acids is 1. The number of anilines is 1. The summed E-state index contributed by atoms with van der Waals surface area (Å²) in [4.78, 5) is 12.4. The fourth-order valence-corrected chi connectivity index (χ4v) is 2.59. The molecule has 0 aliphatic carbocycles. The largest absolute Gasteiger partial charge is 0.496 e. The Morgan fingerprint density at radius 1 is 1.28 bits per heavy atom. The quantitative estimate of drug-likeness (QED) is 0.749. The number of rotatable bonds is 5. The predicted octanol–water partition coefficient (Wildman–Crippen LogP) is 3.98. The maximum atomic E-state index is 13.3. The van der Waals surface area contributed by atoms with Crippen LogP contribution in [-0.2, 0) is 6.54 Å². The molecule has 25 heavy (non-hydrogen) atoms. The molecule has 1 heterocycles. The van der Waals surface area contributed by atoms with Crippen LogP contribution < -0.4 is 10.1 Å². The first-order valence-electron chi connectivity index (χ1n) is 7.48. The fraction of sp³-hybridized carbons (Fsp3) is 0.111. The summed E-state index contributed by atoms with van der Waals surface area (Å²) in [5.41, 5.74) is 1.11. The van der Waals surface area contributed by atoms with Crippen LogP contribution in [0.15, 0.2) is 54.7 Å². The van der Waals surface area contributed by atoms with Crippen molar-refractivity contribution in [3.05, 3.63) is 76.7 Å². The molecule has 0 saturated carbocycles. The van der Waals surface area contributed by atoms with Crippen LogP contribution in [0.1, 0.15) is 15.9 Å². The van der Waals surface area contributed by atoms with Crippen LogP contribution in [0.2, 0.25) is 5.02 Å². The van der Waals surface area contributed by atoms with E-state index >= 15 is 0 Å². The zero-order chi connectivity index (χ0) is 17.8. The normalized spacial score (nSPS) is 10.5. The molecule has 0 fully saturated rings. The van der Waals surface area contributed by atoms with Gasteiger partial charge < -0.3 is 10.1 Å². The second kappa shape index (κ2) is 7.36. The van der Waals surface area contributed by atoms with Gasteiger partial charge in [0.2, 0.25) is 0 Å². The number of amides is 1. The average molecular weight is 360 g/mol. The van der Waals surface area contributed by atoms with Gasteiger partial charge in [0, 0.05) is 6.20 Å². The molecule has 1 aromatic heterocycles. The van der Waals surface area contributed by atoms with E-state index in [9.17, 15) is 9.18 Å². The van der Waals surface area contributed by atoms with Crippen molar-refractivity contribution in [1.82, 2.24) is 9.78 Å². The molecule has 0 aliphatic heterocycles. The lowest BCUT2D eigenvalue weighted by Gasteiger charge is -2.07. The zero-order valence-electron chi connectivity index (χ0n) is 13.4. The third-order valence-electron chi connectivity index (χ3n) is 3.53. The van der Waals surface area contributed by atoms with Crippen LogP contribution in [0.5, 0.6) is 5.75 Å². The maximum absolute atomic E-state index is 13.3. The number of nitrogens with zero attached hydrogens (tertiary/aromatic N) is 2. The summed E-state index contributed by atoms with van der Waals surface area (Å²) in [5, 5.41) is 7.20. The highest BCUT2D eigenvalue weighted by atomic mass is 35.5. The van der Waals surface area contributed by atoms with E-state index in [0.29, 0.717) is 22.9 Å². The Hall–Kier alpha value is -2.86. The Balaban J connectivity index is 1.77. The molecular weight excluding hydrogens is 345 g/mol. The van der Waals surface area contributed by atoms with Crippen LogP contribution in [0.3, 0.4) is 0 Å². The van der Waals surface area contributed by atoms with Gasteiger partial charge in [0.15, 0.2) is 5.82 Å². The monoisotopic (exact) mass is 359 g/mol. The van der Waals surface area contributed by atoms with Crippen molar-refractivity contribution in [3.63, 3.8) is 0 Å². The third-order valence-corrected chi connectivity index (χ3v) is 3.81. The van der Waals surface area contributed by atoms with Gasteiger partial charge in [0.05, 0.1) is 19.2 Å². The molecule has 1 amide bonds. The summed E-state index contributed by atoms with van der Waals surface area (Å²) < 4.78 is 20.0. The number of methoxy groups -OCH3 is 1. The molecule has 7 heteroatoms. The molecule has 0 aliphatic rings. The molecule has 0 bridgehead atoms. The Kier molecular flexibility index (Phi) is 5.00. The fourth-order valence-electron chi connectivity index (χ4n) is 2.39. The molecule has 1 N–H and O–H groups in total. The summed E-state index contributed by atoms with van der Waals surface area (Å²) >= 11 is 6.14. The van der Waals surface area contributed by atoms with Crippen molar-refractivity contribution >= 4 is 23.3 Å². The molecular formula is C18H15ClFN3O2. The molecule has 128 valence electrons. The minimum atomic E-state index is -0.379. The van der Waals surface area contributed by atoms with E-state index in [-0.39, 0.29) is 17.5 Å². The Labute approximate surface area is 149 Å². The van der Waals surface area contributed by atoms with E-state index < -0.39 is 0 Å². The van der Waals surface area contributed by atoms with Gasteiger partial charge in [-0.05, 0) is 29.8 Å². The van der Waals surface area contributed by atoms with Crippen molar-refractivity contribution in [2.24, 2.45) is 0 Å². The van der Waals surface area contributed by atoms with E-state index in [4.69, 9.17) is 16.3 Å². The van der Waals surface area contributed by atoms with Gasteiger partial charge in [-0.15, -0.1) is 0 Å². The van der Waals surface area contributed by atoms with Gasteiger partial charge in [0.25, 0.3) is 5.91 Å². The summed E-state index contributed by atoms with van der Waals surface area (Å²) in [7, 11) is 1.49. The van der Waals surface area contributed by atoms with Gasteiger partial charge >= 0.3 is 0 Å². The highest BCUT2D eigenvalue weighted by Gasteiger charge is 2.15. The van der Waals surface area contributed by atoms with Gasteiger partial charge in [0.1, 0.15) is 16.6 Å². The molecule has 0 unspecified atom stereocenters. The van der Waals surface area contributed by atoms with Crippen LogP contribution in [0, 0.1) is 5.82 Å². The third kappa shape index (κ3) is 3.97. The zero-order valence-corrected chi connectivity index (χ0v) is 14.1. The number of nitrogens with one attached hydrogen (secondary N) is 1. The topological polar surface area (TPSA) is 56.1 Å². The highest BCUT2D eigenvalue weighted by Crippen LogP contribution is 2.23. The van der Waals surface area contributed by atoms with Gasteiger partial charge in [-0.25, -0.2) is 4.39 Å². The predicted molar refractivity (Wildman–Crippen MR) is 93.7 cm³/mol. The second-order valence-electron chi connectivity index (χ2n) is 5.31. The lowest BCUT2D eigenvalue weighted by atomic mass is 10.2. The van der Waals surface area contributed by atoms with Gasteiger partial charge in [-0.1, -0.05) is 35.9 Å². The summed E-state index contributed by atoms with van der Waals surface area (Å²) in [6.45, 7) is 0.335. The maximum Gasteiger partial charge on any atom is 0.260 e. The SMILES string of the molecule is COc1ccccc1C(=O)Nc1nn(Cc2cccc(F)c2)cc1Cl. The molecule has 3 aromatic rings. The smallest absolute Gasteiger partial charge is 0.260 e. The van der Waals surface area contributed by atoms with Crippen LogP contribution in [-0.4, -0.2) is 22.8 Å². The molecule has 2 aromatic carbocycles. The molecule has 0 atom stereocenters.